The van der Waals surface area contributed by atoms with E-state index in [4.69, 9.17) is 9.51 Å². The Labute approximate surface area is 187 Å². The topological polar surface area (TPSA) is 88.3 Å². The van der Waals surface area contributed by atoms with Crippen molar-refractivity contribution in [3.63, 3.8) is 0 Å². The minimum atomic E-state index is 0.0635. The Bertz CT molecular complexity index is 1070. The van der Waals surface area contributed by atoms with Crippen LogP contribution >= 0.6 is 0 Å². The molecule has 1 amide bonds. The van der Waals surface area contributed by atoms with Crippen molar-refractivity contribution in [3.8, 4) is 11.3 Å². The van der Waals surface area contributed by atoms with Gasteiger partial charge in [-0.25, -0.2) is 9.97 Å². The maximum Gasteiger partial charge on any atom is 0.253 e. The van der Waals surface area contributed by atoms with Gasteiger partial charge in [-0.15, -0.1) is 0 Å². The van der Waals surface area contributed by atoms with Gasteiger partial charge in [0, 0.05) is 62.3 Å². The first-order valence-corrected chi connectivity index (χ1v) is 11.4. The molecule has 2 aliphatic heterocycles. The molecule has 8 nitrogen and oxygen atoms in total. The molecule has 5 rings (SSSR count). The lowest BCUT2D eigenvalue weighted by atomic mass is 9.90. The lowest BCUT2D eigenvalue weighted by Crippen LogP contribution is -2.38. The minimum Gasteiger partial charge on any atom is -0.356 e. The van der Waals surface area contributed by atoms with Gasteiger partial charge in [0.25, 0.3) is 5.91 Å². The molecule has 0 atom stereocenters. The molecular formula is C24H28N6O2. The van der Waals surface area contributed by atoms with Gasteiger partial charge in [0.2, 0.25) is 5.95 Å². The Morgan fingerprint density at radius 3 is 2.50 bits per heavy atom. The van der Waals surface area contributed by atoms with Crippen molar-refractivity contribution in [1.29, 1.82) is 0 Å². The first-order chi connectivity index (χ1) is 15.7. The molecule has 0 saturated carbocycles. The highest BCUT2D eigenvalue weighted by atomic mass is 16.5. The van der Waals surface area contributed by atoms with Gasteiger partial charge in [0.05, 0.1) is 17.0 Å². The summed E-state index contributed by atoms with van der Waals surface area (Å²) < 4.78 is 5.57. The summed E-state index contributed by atoms with van der Waals surface area (Å²) in [5.74, 6) is 1.81. The molecule has 0 radical (unpaired) electrons. The Hall–Kier alpha value is -3.29. The van der Waals surface area contributed by atoms with Crippen molar-refractivity contribution in [2.75, 3.05) is 31.1 Å². The number of aromatic nitrogens is 4. The lowest BCUT2D eigenvalue weighted by Gasteiger charge is -2.33. The van der Waals surface area contributed by atoms with Crippen LogP contribution in [-0.2, 0) is 0 Å². The van der Waals surface area contributed by atoms with Crippen LogP contribution in [-0.4, -0.2) is 57.1 Å². The molecule has 8 heteroatoms. The summed E-state index contributed by atoms with van der Waals surface area (Å²) in [6.07, 6.45) is 10.5. The third-order valence-electron chi connectivity index (χ3n) is 6.43. The van der Waals surface area contributed by atoms with Gasteiger partial charge in [-0.2, -0.15) is 0 Å². The molecule has 2 fully saturated rings. The van der Waals surface area contributed by atoms with E-state index in [0.29, 0.717) is 24.4 Å². The van der Waals surface area contributed by atoms with E-state index < -0.39 is 0 Å². The van der Waals surface area contributed by atoms with Crippen LogP contribution in [0.4, 0.5) is 5.95 Å². The molecule has 0 aromatic carbocycles. The summed E-state index contributed by atoms with van der Waals surface area (Å²) in [6, 6.07) is 5.48. The van der Waals surface area contributed by atoms with Crippen molar-refractivity contribution in [2.45, 2.75) is 44.9 Å². The molecule has 32 heavy (non-hydrogen) atoms. The van der Waals surface area contributed by atoms with Gasteiger partial charge in [-0.3, -0.25) is 9.78 Å². The molecular weight excluding hydrogens is 404 g/mol. The van der Waals surface area contributed by atoms with Crippen molar-refractivity contribution in [3.05, 3.63) is 53.7 Å². The zero-order chi connectivity index (χ0) is 21.9. The fourth-order valence-corrected chi connectivity index (χ4v) is 4.66. The molecule has 2 aliphatic rings. The summed E-state index contributed by atoms with van der Waals surface area (Å²) in [5.41, 5.74) is 3.44. The van der Waals surface area contributed by atoms with E-state index in [1.807, 2.05) is 24.1 Å². The summed E-state index contributed by atoms with van der Waals surface area (Å²) in [5, 5.41) is 4.06. The smallest absolute Gasteiger partial charge is 0.253 e. The van der Waals surface area contributed by atoms with Crippen LogP contribution in [0.2, 0.25) is 0 Å². The number of carbonyl (C=O) groups excluding carboxylic acids is 1. The van der Waals surface area contributed by atoms with E-state index in [1.165, 1.54) is 19.3 Å². The zero-order valence-corrected chi connectivity index (χ0v) is 18.4. The number of aryl methyl sites for hydroxylation is 1. The van der Waals surface area contributed by atoms with E-state index >= 15 is 0 Å². The molecule has 166 valence electrons. The number of pyridine rings is 1. The Morgan fingerprint density at radius 1 is 1.06 bits per heavy atom. The zero-order valence-electron chi connectivity index (χ0n) is 18.4. The average Bonchev–Trinajstić information content (AvgIpc) is 3.30. The van der Waals surface area contributed by atoms with Crippen molar-refractivity contribution >= 4 is 11.9 Å². The monoisotopic (exact) mass is 432 g/mol. The Morgan fingerprint density at radius 2 is 1.81 bits per heavy atom. The molecule has 0 unspecified atom stereocenters. The quantitative estimate of drug-likeness (QED) is 0.619. The second-order valence-electron chi connectivity index (χ2n) is 8.65. The third-order valence-corrected chi connectivity index (χ3v) is 6.43. The number of rotatable bonds is 4. The molecule has 0 spiro atoms. The van der Waals surface area contributed by atoms with Crippen LogP contribution in [0, 0.1) is 6.92 Å². The number of carbonyl (C=O) groups is 1. The number of hydrogen-bond donors (Lipinski definition) is 0. The van der Waals surface area contributed by atoms with Crippen molar-refractivity contribution in [1.82, 2.24) is 25.0 Å². The summed E-state index contributed by atoms with van der Waals surface area (Å²) >= 11 is 0. The maximum atomic E-state index is 12.8. The summed E-state index contributed by atoms with van der Waals surface area (Å²) in [6.45, 7) is 5.31. The van der Waals surface area contributed by atoms with Crippen LogP contribution in [0.5, 0.6) is 0 Å². The van der Waals surface area contributed by atoms with E-state index in [1.54, 1.807) is 24.5 Å². The fraction of sp³-hybridized carbons (Fsp3) is 0.458. The SMILES string of the molecule is Cc1cc(-c2cnc(N3CCCCC3)nc2C2CCN(C(=O)c3ccncc3)CC2)on1. The number of hydrogen-bond acceptors (Lipinski definition) is 7. The lowest BCUT2D eigenvalue weighted by molar-refractivity contribution is 0.0712. The number of anilines is 1. The summed E-state index contributed by atoms with van der Waals surface area (Å²) in [4.78, 5) is 30.8. The molecule has 0 bridgehead atoms. The minimum absolute atomic E-state index is 0.0635. The van der Waals surface area contributed by atoms with Gasteiger partial charge in [-0.1, -0.05) is 5.16 Å². The van der Waals surface area contributed by atoms with E-state index in [-0.39, 0.29) is 11.8 Å². The molecule has 0 N–H and O–H groups in total. The van der Waals surface area contributed by atoms with Crippen LogP contribution < -0.4 is 4.90 Å². The Kier molecular flexibility index (Phi) is 5.83. The highest BCUT2D eigenvalue weighted by Gasteiger charge is 2.29. The molecule has 3 aromatic rings. The number of amides is 1. The van der Waals surface area contributed by atoms with E-state index in [2.05, 4.69) is 20.0 Å². The predicted octanol–water partition coefficient (Wildman–Crippen LogP) is 3.85. The van der Waals surface area contributed by atoms with E-state index in [9.17, 15) is 4.79 Å². The first-order valence-electron chi connectivity index (χ1n) is 11.4. The van der Waals surface area contributed by atoms with Crippen LogP contribution in [0.15, 0.2) is 41.3 Å². The van der Waals surface area contributed by atoms with Crippen LogP contribution in [0.1, 0.15) is 59.8 Å². The molecule has 0 aliphatic carbocycles. The summed E-state index contributed by atoms with van der Waals surface area (Å²) in [7, 11) is 0. The Balaban J connectivity index is 1.39. The normalized spacial score (nSPS) is 17.5. The van der Waals surface area contributed by atoms with E-state index in [0.717, 1.165) is 48.8 Å². The van der Waals surface area contributed by atoms with Gasteiger partial charge in [0.15, 0.2) is 5.76 Å². The van der Waals surface area contributed by atoms with Crippen LogP contribution in [0.25, 0.3) is 11.3 Å². The maximum absolute atomic E-state index is 12.8. The van der Waals surface area contributed by atoms with Gasteiger partial charge < -0.3 is 14.3 Å². The molecule has 5 heterocycles. The third kappa shape index (κ3) is 4.22. The van der Waals surface area contributed by atoms with Crippen LogP contribution in [0.3, 0.4) is 0 Å². The molecule has 2 saturated heterocycles. The van der Waals surface area contributed by atoms with Gasteiger partial charge in [-0.05, 0) is 51.2 Å². The first kappa shape index (κ1) is 20.6. The van der Waals surface area contributed by atoms with Crippen molar-refractivity contribution < 1.29 is 9.32 Å². The number of likely N-dealkylation sites (tertiary alicyclic amines) is 1. The number of piperidine rings is 2. The predicted molar refractivity (Wildman–Crippen MR) is 120 cm³/mol. The van der Waals surface area contributed by atoms with Gasteiger partial charge in [0.1, 0.15) is 0 Å². The standard InChI is InChI=1S/C24H28N6O2/c1-17-15-21(32-28-17)20-16-26-24(30-11-3-2-4-12-30)27-22(20)18-7-13-29(14-8-18)23(31)19-5-9-25-10-6-19/h5-6,9-10,15-16,18H,2-4,7-8,11-14H2,1H3. The fourth-order valence-electron chi connectivity index (χ4n) is 4.66. The molecule has 3 aromatic heterocycles. The highest BCUT2D eigenvalue weighted by molar-refractivity contribution is 5.94. The van der Waals surface area contributed by atoms with Gasteiger partial charge >= 0.3 is 0 Å². The second-order valence-corrected chi connectivity index (χ2v) is 8.65. The largest absolute Gasteiger partial charge is 0.356 e. The average molecular weight is 433 g/mol. The highest BCUT2D eigenvalue weighted by Crippen LogP contribution is 2.35. The number of nitrogens with zero attached hydrogens (tertiary/aromatic N) is 6. The van der Waals surface area contributed by atoms with Crippen molar-refractivity contribution in [2.24, 2.45) is 0 Å². The second kappa shape index (κ2) is 9.06.